The maximum absolute atomic E-state index is 8.97. The number of likely N-dealkylation sites (N-methyl/N-ethyl adjacent to an activating group) is 2. The molecule has 0 aliphatic heterocycles. The molecule has 0 aromatic carbocycles. The molecule has 0 aliphatic rings. The first kappa shape index (κ1) is 21.7. The number of ether oxygens (including phenoxy) is 2. The molecule has 0 heterocycles. The summed E-state index contributed by atoms with van der Waals surface area (Å²) in [4.78, 5) is 0. The van der Waals surface area contributed by atoms with Gasteiger partial charge in [0.25, 0.3) is 0 Å². The molecule has 0 bridgehead atoms. The van der Waals surface area contributed by atoms with E-state index < -0.39 is 0 Å². The second kappa shape index (κ2) is 18.8. The van der Waals surface area contributed by atoms with E-state index >= 15 is 0 Å². The Morgan fingerprint density at radius 1 is 0.864 bits per heavy atom. The van der Waals surface area contributed by atoms with E-state index in [-0.39, 0.29) is 6.61 Å². The molecule has 0 aliphatic carbocycles. The van der Waals surface area contributed by atoms with Crippen LogP contribution in [0.2, 0.25) is 0 Å². The summed E-state index contributed by atoms with van der Waals surface area (Å²) in [5.74, 6) is 0. The van der Waals surface area contributed by atoms with Crippen LogP contribution >= 0.6 is 0 Å². The van der Waals surface area contributed by atoms with Gasteiger partial charge in [0.05, 0.1) is 26.4 Å². The normalized spacial score (nSPS) is 12.7. The molecule has 0 spiro atoms. The van der Waals surface area contributed by atoms with Gasteiger partial charge in [-0.15, -0.1) is 0 Å². The summed E-state index contributed by atoms with van der Waals surface area (Å²) in [6.07, 6.45) is 1.78. The molecule has 134 valence electrons. The predicted octanol–water partition coefficient (Wildman–Crippen LogP) is -1.22. The second-order valence-corrected chi connectivity index (χ2v) is 5.15. The maximum atomic E-state index is 8.97. The topological polar surface area (TPSA) is 86.8 Å². The third-order valence-electron chi connectivity index (χ3n) is 3.20. The van der Waals surface area contributed by atoms with Gasteiger partial charge in [-0.05, 0) is 26.9 Å². The third-order valence-corrected chi connectivity index (χ3v) is 3.20. The zero-order chi connectivity index (χ0) is 16.3. The number of hydrogen-bond acceptors (Lipinski definition) is 7. The van der Waals surface area contributed by atoms with E-state index in [1.54, 1.807) is 0 Å². The Morgan fingerprint density at radius 2 is 1.45 bits per heavy atom. The van der Waals surface area contributed by atoms with Gasteiger partial charge in [-0.2, -0.15) is 0 Å². The van der Waals surface area contributed by atoms with Crippen molar-refractivity contribution in [2.24, 2.45) is 0 Å². The average molecular weight is 320 g/mol. The molecule has 5 N–H and O–H groups in total. The molecular weight excluding hydrogens is 284 g/mol. The van der Waals surface area contributed by atoms with E-state index in [1.165, 1.54) is 0 Å². The van der Waals surface area contributed by atoms with Crippen LogP contribution in [0, 0.1) is 0 Å². The minimum absolute atomic E-state index is 0.240. The first-order valence-electron chi connectivity index (χ1n) is 8.34. The standard InChI is InChI=1S/C15H36N4O3/c1-16-5-10-21-12-7-18-14-15(4-3-9-20)19-8-13-22-11-6-17-2/h15-20H,3-14H2,1-2H3. The van der Waals surface area contributed by atoms with Gasteiger partial charge in [-0.25, -0.2) is 0 Å². The first-order chi connectivity index (χ1) is 10.8. The van der Waals surface area contributed by atoms with Crippen LogP contribution in [0.3, 0.4) is 0 Å². The minimum Gasteiger partial charge on any atom is -0.396 e. The molecule has 0 amide bonds. The van der Waals surface area contributed by atoms with Crippen molar-refractivity contribution in [2.45, 2.75) is 18.9 Å². The highest BCUT2D eigenvalue weighted by atomic mass is 16.5. The van der Waals surface area contributed by atoms with Gasteiger partial charge in [-0.1, -0.05) is 0 Å². The van der Waals surface area contributed by atoms with Crippen molar-refractivity contribution in [3.8, 4) is 0 Å². The quantitative estimate of drug-likeness (QED) is 0.202. The first-order valence-corrected chi connectivity index (χ1v) is 8.34. The molecule has 0 saturated heterocycles. The van der Waals surface area contributed by atoms with E-state index in [1.807, 2.05) is 14.1 Å². The molecule has 0 rings (SSSR count). The van der Waals surface area contributed by atoms with Gasteiger partial charge in [0.1, 0.15) is 0 Å². The van der Waals surface area contributed by atoms with E-state index in [4.69, 9.17) is 14.6 Å². The SMILES string of the molecule is CNCCOCCNCC(CCCO)NCCOCCNC. The summed E-state index contributed by atoms with van der Waals surface area (Å²) in [5.41, 5.74) is 0. The van der Waals surface area contributed by atoms with Gasteiger partial charge in [-0.3, -0.25) is 0 Å². The van der Waals surface area contributed by atoms with E-state index in [2.05, 4.69) is 21.3 Å². The lowest BCUT2D eigenvalue weighted by molar-refractivity contribution is 0.133. The molecule has 22 heavy (non-hydrogen) atoms. The lowest BCUT2D eigenvalue weighted by Gasteiger charge is -2.19. The Kier molecular flexibility index (Phi) is 18.5. The molecule has 0 fully saturated rings. The van der Waals surface area contributed by atoms with Crippen molar-refractivity contribution in [3.63, 3.8) is 0 Å². The number of aliphatic hydroxyl groups excluding tert-OH is 1. The van der Waals surface area contributed by atoms with Crippen molar-refractivity contribution < 1.29 is 14.6 Å². The monoisotopic (exact) mass is 320 g/mol. The van der Waals surface area contributed by atoms with Crippen molar-refractivity contribution in [1.82, 2.24) is 21.3 Å². The smallest absolute Gasteiger partial charge is 0.0591 e. The van der Waals surface area contributed by atoms with Crippen LogP contribution in [-0.2, 0) is 9.47 Å². The van der Waals surface area contributed by atoms with Gasteiger partial charge in [0.15, 0.2) is 0 Å². The molecule has 0 saturated carbocycles. The summed E-state index contributed by atoms with van der Waals surface area (Å²) in [6.45, 7) is 7.48. The summed E-state index contributed by atoms with van der Waals surface area (Å²) in [7, 11) is 3.84. The van der Waals surface area contributed by atoms with Crippen molar-refractivity contribution >= 4 is 0 Å². The van der Waals surface area contributed by atoms with E-state index in [0.717, 1.165) is 65.4 Å². The summed E-state index contributed by atoms with van der Waals surface area (Å²) >= 11 is 0. The van der Waals surface area contributed by atoms with Crippen LogP contribution in [0.5, 0.6) is 0 Å². The van der Waals surface area contributed by atoms with Crippen LogP contribution in [-0.4, -0.2) is 91.0 Å². The van der Waals surface area contributed by atoms with Gasteiger partial charge >= 0.3 is 0 Å². The van der Waals surface area contributed by atoms with Crippen LogP contribution in [0.4, 0.5) is 0 Å². The Hall–Kier alpha value is -0.280. The Bertz CT molecular complexity index is 211. The molecular formula is C15H36N4O3. The number of rotatable bonds is 18. The predicted molar refractivity (Wildman–Crippen MR) is 90.5 cm³/mol. The third kappa shape index (κ3) is 16.1. The number of aliphatic hydroxyl groups is 1. The summed E-state index contributed by atoms with van der Waals surface area (Å²) in [5, 5.41) is 21.9. The highest BCUT2D eigenvalue weighted by molar-refractivity contribution is 4.69. The van der Waals surface area contributed by atoms with Crippen LogP contribution in [0.15, 0.2) is 0 Å². The van der Waals surface area contributed by atoms with E-state index in [9.17, 15) is 0 Å². The lowest BCUT2D eigenvalue weighted by Crippen LogP contribution is -2.41. The highest BCUT2D eigenvalue weighted by Crippen LogP contribution is 1.95. The van der Waals surface area contributed by atoms with E-state index in [0.29, 0.717) is 12.6 Å². The van der Waals surface area contributed by atoms with Crippen LogP contribution in [0.1, 0.15) is 12.8 Å². The van der Waals surface area contributed by atoms with Crippen LogP contribution < -0.4 is 21.3 Å². The molecule has 1 unspecified atom stereocenters. The fourth-order valence-electron chi connectivity index (χ4n) is 1.92. The largest absolute Gasteiger partial charge is 0.396 e. The number of hydrogen-bond donors (Lipinski definition) is 5. The fraction of sp³-hybridized carbons (Fsp3) is 1.00. The Labute approximate surface area is 135 Å². The summed E-state index contributed by atoms with van der Waals surface area (Å²) < 4.78 is 11.0. The zero-order valence-electron chi connectivity index (χ0n) is 14.3. The number of nitrogens with one attached hydrogen (secondary N) is 4. The van der Waals surface area contributed by atoms with Crippen molar-refractivity contribution in [1.29, 1.82) is 0 Å². The average Bonchev–Trinajstić information content (AvgIpc) is 2.54. The lowest BCUT2D eigenvalue weighted by atomic mass is 10.1. The van der Waals surface area contributed by atoms with Gasteiger partial charge < -0.3 is 35.8 Å². The second-order valence-electron chi connectivity index (χ2n) is 5.15. The van der Waals surface area contributed by atoms with Gasteiger partial charge in [0, 0.05) is 45.4 Å². The molecule has 0 aromatic rings. The molecule has 0 aromatic heterocycles. The van der Waals surface area contributed by atoms with Crippen molar-refractivity contribution in [2.75, 3.05) is 79.9 Å². The Balaban J connectivity index is 3.56. The fourth-order valence-corrected chi connectivity index (χ4v) is 1.92. The molecule has 7 nitrogen and oxygen atoms in total. The minimum atomic E-state index is 0.240. The zero-order valence-corrected chi connectivity index (χ0v) is 14.3. The maximum Gasteiger partial charge on any atom is 0.0591 e. The van der Waals surface area contributed by atoms with Crippen molar-refractivity contribution in [3.05, 3.63) is 0 Å². The molecule has 7 heteroatoms. The summed E-state index contributed by atoms with van der Waals surface area (Å²) in [6, 6.07) is 0.359. The molecule has 1 atom stereocenters. The Morgan fingerprint density at radius 3 is 2.05 bits per heavy atom. The highest BCUT2D eigenvalue weighted by Gasteiger charge is 2.06. The molecule has 0 radical (unpaired) electrons. The van der Waals surface area contributed by atoms with Crippen LogP contribution in [0.25, 0.3) is 0 Å². The van der Waals surface area contributed by atoms with Gasteiger partial charge in [0.2, 0.25) is 0 Å².